The standard InChI is InChI=1S/C28H32N5O6P/c29-28(30)32-22-13-7-12-21(16-22)23(27(36)37)17-40(38,39)18-31-26(35)24(14-19-8-3-1-4-9-19)33-25(34)15-20-10-5-2-6-11-20/h1-13,16,23-24H,14-15,17-18H2,(H,31,35)(H,33,34)(H,36,37)(H,38,39)(H4,29,30,32). The van der Waals surface area contributed by atoms with Gasteiger partial charge in [-0.3, -0.25) is 18.9 Å². The van der Waals surface area contributed by atoms with E-state index in [2.05, 4.69) is 15.6 Å². The second kappa shape index (κ2) is 14.1. The molecule has 3 unspecified atom stereocenters. The van der Waals surface area contributed by atoms with Gasteiger partial charge >= 0.3 is 5.97 Å². The van der Waals surface area contributed by atoms with Crippen LogP contribution in [0.25, 0.3) is 0 Å². The molecule has 0 saturated heterocycles. The van der Waals surface area contributed by atoms with Crippen LogP contribution >= 0.6 is 7.37 Å². The van der Waals surface area contributed by atoms with Gasteiger partial charge in [0.15, 0.2) is 5.96 Å². The maximum Gasteiger partial charge on any atom is 0.311 e. The Balaban J connectivity index is 1.70. The second-order valence-corrected chi connectivity index (χ2v) is 11.6. The molecular formula is C28H32N5O6P. The van der Waals surface area contributed by atoms with Crippen molar-refractivity contribution in [2.75, 3.05) is 12.4 Å². The van der Waals surface area contributed by atoms with E-state index in [1.807, 2.05) is 12.1 Å². The number of nitrogens with two attached hydrogens (primary N) is 2. The van der Waals surface area contributed by atoms with Gasteiger partial charge in [-0.1, -0.05) is 72.8 Å². The molecule has 0 aliphatic carbocycles. The zero-order chi connectivity index (χ0) is 29.1. The van der Waals surface area contributed by atoms with Gasteiger partial charge in [-0.15, -0.1) is 0 Å². The average Bonchev–Trinajstić information content (AvgIpc) is 2.91. The van der Waals surface area contributed by atoms with Crippen LogP contribution in [-0.4, -0.2) is 52.2 Å². The van der Waals surface area contributed by atoms with Crippen molar-refractivity contribution in [1.82, 2.24) is 10.6 Å². The number of carbonyl (C=O) groups excluding carboxylic acids is 2. The molecular weight excluding hydrogens is 533 g/mol. The Hall–Kier alpha value is -4.47. The van der Waals surface area contributed by atoms with Crippen LogP contribution in [0.15, 0.2) is 89.9 Å². The fraction of sp³-hybridized carbons (Fsp3) is 0.214. The first-order chi connectivity index (χ1) is 19.0. The van der Waals surface area contributed by atoms with Gasteiger partial charge in [0.05, 0.1) is 24.3 Å². The van der Waals surface area contributed by atoms with Crippen molar-refractivity contribution in [2.45, 2.75) is 24.8 Å². The van der Waals surface area contributed by atoms with Crippen LogP contribution in [0.2, 0.25) is 0 Å². The van der Waals surface area contributed by atoms with E-state index in [4.69, 9.17) is 11.5 Å². The van der Waals surface area contributed by atoms with E-state index in [0.717, 1.165) is 11.1 Å². The molecule has 0 aromatic heterocycles. The SMILES string of the molecule is NC(N)=Nc1cccc(C(CP(=O)(O)CNC(=O)C(Cc2ccccc2)NC(=O)Cc2ccccc2)C(=O)O)c1. The Kier molecular flexibility index (Phi) is 10.6. The van der Waals surface area contributed by atoms with Crippen molar-refractivity contribution in [3.05, 3.63) is 102 Å². The van der Waals surface area contributed by atoms with E-state index < -0.39 is 43.7 Å². The topological polar surface area (TPSA) is 197 Å². The first kappa shape index (κ1) is 30.1. The Morgan fingerprint density at radius 1 is 0.900 bits per heavy atom. The Morgan fingerprint density at radius 2 is 1.52 bits per heavy atom. The number of aliphatic imine (C=N–C) groups is 1. The number of hydrogen-bond donors (Lipinski definition) is 6. The zero-order valence-electron chi connectivity index (χ0n) is 21.6. The molecule has 0 aliphatic rings. The van der Waals surface area contributed by atoms with Gasteiger partial charge in [0, 0.05) is 12.6 Å². The number of carbonyl (C=O) groups is 3. The number of benzene rings is 3. The molecule has 0 fully saturated rings. The Bertz CT molecular complexity index is 1400. The summed E-state index contributed by atoms with van der Waals surface area (Å²) in [4.78, 5) is 52.3. The predicted octanol–water partition coefficient (Wildman–Crippen LogP) is 2.07. The van der Waals surface area contributed by atoms with Crippen LogP contribution in [-0.2, 0) is 31.8 Å². The van der Waals surface area contributed by atoms with Gasteiger partial charge in [0.25, 0.3) is 0 Å². The molecule has 12 heteroatoms. The molecule has 210 valence electrons. The minimum Gasteiger partial charge on any atom is -0.481 e. The summed E-state index contributed by atoms with van der Waals surface area (Å²) in [5.74, 6) is -3.95. The summed E-state index contributed by atoms with van der Waals surface area (Å²) in [6, 6.07) is 23.0. The van der Waals surface area contributed by atoms with Crippen molar-refractivity contribution in [2.24, 2.45) is 16.5 Å². The predicted molar refractivity (Wildman–Crippen MR) is 152 cm³/mol. The molecule has 11 nitrogen and oxygen atoms in total. The van der Waals surface area contributed by atoms with Crippen LogP contribution in [0.1, 0.15) is 22.6 Å². The number of nitrogens with one attached hydrogen (secondary N) is 2. The van der Waals surface area contributed by atoms with Gasteiger partial charge in [-0.05, 0) is 28.8 Å². The molecule has 3 rings (SSSR count). The summed E-state index contributed by atoms with van der Waals surface area (Å²) in [6.07, 6.45) is -1.12. The molecule has 0 radical (unpaired) electrons. The number of carboxylic acid groups (broad SMARTS) is 1. The lowest BCUT2D eigenvalue weighted by Crippen LogP contribution is -2.48. The minimum atomic E-state index is -4.19. The molecule has 0 aliphatic heterocycles. The van der Waals surface area contributed by atoms with Crippen LogP contribution in [0, 0.1) is 0 Å². The van der Waals surface area contributed by atoms with Crippen molar-refractivity contribution in [3.8, 4) is 0 Å². The summed E-state index contributed by atoms with van der Waals surface area (Å²) in [6.45, 7) is 0. The third-order valence-electron chi connectivity index (χ3n) is 5.94. The Morgan fingerprint density at radius 3 is 2.12 bits per heavy atom. The summed E-state index contributed by atoms with van der Waals surface area (Å²) in [5, 5.41) is 14.9. The molecule has 3 atom stereocenters. The molecule has 8 N–H and O–H groups in total. The van der Waals surface area contributed by atoms with Gasteiger partial charge in [-0.2, -0.15) is 0 Å². The van der Waals surface area contributed by atoms with Crippen LogP contribution in [0.3, 0.4) is 0 Å². The Labute approximate surface area is 231 Å². The number of nitrogens with zero attached hydrogens (tertiary/aromatic N) is 1. The number of hydrogen-bond acceptors (Lipinski definition) is 5. The van der Waals surface area contributed by atoms with Crippen LogP contribution < -0.4 is 22.1 Å². The number of amides is 2. The second-order valence-electron chi connectivity index (χ2n) is 9.22. The first-order valence-electron chi connectivity index (χ1n) is 12.4. The first-order valence-corrected chi connectivity index (χ1v) is 14.4. The lowest BCUT2D eigenvalue weighted by atomic mass is 10.0. The maximum absolute atomic E-state index is 13.1. The highest BCUT2D eigenvalue weighted by Crippen LogP contribution is 2.44. The maximum atomic E-state index is 13.1. The van der Waals surface area contributed by atoms with Crippen molar-refractivity contribution >= 4 is 36.8 Å². The van der Waals surface area contributed by atoms with E-state index in [1.54, 1.807) is 54.6 Å². The summed E-state index contributed by atoms with van der Waals surface area (Å²) >= 11 is 0. The van der Waals surface area contributed by atoms with E-state index in [0.29, 0.717) is 5.69 Å². The van der Waals surface area contributed by atoms with Gasteiger partial charge < -0.3 is 32.1 Å². The van der Waals surface area contributed by atoms with E-state index in [9.17, 15) is 28.9 Å². The molecule has 2 amide bonds. The molecule has 3 aromatic rings. The average molecular weight is 566 g/mol. The number of aliphatic carboxylic acids is 1. The largest absolute Gasteiger partial charge is 0.481 e. The van der Waals surface area contributed by atoms with Gasteiger partial charge in [0.2, 0.25) is 19.2 Å². The number of rotatable bonds is 13. The quantitative estimate of drug-likeness (QED) is 0.103. The lowest BCUT2D eigenvalue weighted by Gasteiger charge is -2.21. The summed E-state index contributed by atoms with van der Waals surface area (Å²) in [5.41, 5.74) is 12.8. The highest BCUT2D eigenvalue weighted by molar-refractivity contribution is 7.58. The van der Waals surface area contributed by atoms with Gasteiger partial charge in [-0.25, -0.2) is 4.99 Å². The van der Waals surface area contributed by atoms with Gasteiger partial charge in [0.1, 0.15) is 6.04 Å². The molecule has 40 heavy (non-hydrogen) atoms. The third-order valence-corrected chi connectivity index (χ3v) is 7.53. The smallest absolute Gasteiger partial charge is 0.311 e. The van der Waals surface area contributed by atoms with E-state index >= 15 is 0 Å². The summed E-state index contributed by atoms with van der Waals surface area (Å²) < 4.78 is 13.0. The van der Waals surface area contributed by atoms with E-state index in [1.165, 1.54) is 18.2 Å². The molecule has 0 saturated carbocycles. The number of guanidine groups is 1. The van der Waals surface area contributed by atoms with E-state index in [-0.39, 0.29) is 30.3 Å². The monoisotopic (exact) mass is 565 g/mol. The lowest BCUT2D eigenvalue weighted by molar-refractivity contribution is -0.138. The normalized spacial score (nSPS) is 13.7. The molecule has 0 bridgehead atoms. The fourth-order valence-corrected chi connectivity index (χ4v) is 5.52. The highest BCUT2D eigenvalue weighted by Gasteiger charge is 2.32. The molecule has 3 aromatic carbocycles. The minimum absolute atomic E-state index is 0.0527. The van der Waals surface area contributed by atoms with Crippen molar-refractivity contribution < 1.29 is 28.9 Å². The number of carboxylic acids is 1. The van der Waals surface area contributed by atoms with Crippen LogP contribution in [0.4, 0.5) is 5.69 Å². The fourth-order valence-electron chi connectivity index (χ4n) is 4.05. The van der Waals surface area contributed by atoms with Crippen molar-refractivity contribution in [3.63, 3.8) is 0 Å². The zero-order valence-corrected chi connectivity index (χ0v) is 22.5. The summed E-state index contributed by atoms with van der Waals surface area (Å²) in [7, 11) is -4.19. The molecule has 0 spiro atoms. The van der Waals surface area contributed by atoms with Crippen LogP contribution in [0.5, 0.6) is 0 Å². The molecule has 0 heterocycles. The van der Waals surface area contributed by atoms with Crippen molar-refractivity contribution in [1.29, 1.82) is 0 Å². The third kappa shape index (κ3) is 9.68. The highest BCUT2D eigenvalue weighted by atomic mass is 31.2.